The topological polar surface area (TPSA) is 418 Å². The van der Waals surface area contributed by atoms with E-state index in [2.05, 4.69) is 152 Å². The smallest absolute Gasteiger partial charge is 0.410 e. The average molecular weight is 1730 g/mol. The number of aromatic nitrogens is 9. The van der Waals surface area contributed by atoms with E-state index in [1.54, 1.807) is 85.7 Å². The van der Waals surface area contributed by atoms with Crippen molar-refractivity contribution >= 4 is 35.6 Å². The molecule has 6 aromatic rings. The Morgan fingerprint density at radius 2 is 0.816 bits per heavy atom. The van der Waals surface area contributed by atoms with Gasteiger partial charge in [-0.2, -0.15) is 0 Å². The molecule has 9 atom stereocenters. The molecule has 14 N–H and O–H groups in total. The summed E-state index contributed by atoms with van der Waals surface area (Å²) in [5, 5.41) is 44.3. The van der Waals surface area contributed by atoms with E-state index < -0.39 is 5.60 Å². The number of piperidine rings is 1. The van der Waals surface area contributed by atoms with E-state index in [9.17, 15) is 28.8 Å². The summed E-state index contributed by atoms with van der Waals surface area (Å²) in [5.74, 6) is 1.06. The van der Waals surface area contributed by atoms with Gasteiger partial charge < -0.3 is 93.7 Å². The van der Waals surface area contributed by atoms with Gasteiger partial charge in [0, 0.05) is 207 Å². The van der Waals surface area contributed by atoms with Gasteiger partial charge in [-0.1, -0.05) is 18.2 Å². The van der Waals surface area contributed by atoms with Crippen LogP contribution in [0.4, 0.5) is 4.79 Å². The van der Waals surface area contributed by atoms with Crippen molar-refractivity contribution in [2.24, 2.45) is 0 Å². The summed E-state index contributed by atoms with van der Waals surface area (Å²) in [4.78, 5) is 114. The molecular weight excluding hydrogens is 1590 g/mol. The van der Waals surface area contributed by atoms with Crippen molar-refractivity contribution in [2.75, 3.05) is 177 Å². The Balaban J connectivity index is 0.000000145. The number of amides is 6. The second-order valence-electron chi connectivity index (χ2n) is 34.0. The molecule has 35 nitrogen and oxygen atoms in total. The quantitative estimate of drug-likeness (QED) is 0.0744. The van der Waals surface area contributed by atoms with Gasteiger partial charge in [-0.25, -0.2) is 34.7 Å². The van der Waals surface area contributed by atoms with Gasteiger partial charge >= 0.3 is 6.09 Å². The maximum atomic E-state index is 11.6. The highest BCUT2D eigenvalue weighted by molar-refractivity contribution is 5.93. The molecule has 6 amide bonds. The Bertz CT molecular complexity index is 3600. The van der Waals surface area contributed by atoms with E-state index in [-0.39, 0.29) is 77.4 Å². The molecule has 0 spiro atoms. The molecule has 0 bridgehead atoms. The summed E-state index contributed by atoms with van der Waals surface area (Å²) in [5.41, 5.74) is 2.50. The largest absolute Gasteiger partial charge is 0.444 e. The summed E-state index contributed by atoms with van der Waals surface area (Å²) in [7, 11) is 1.80. The first-order chi connectivity index (χ1) is 61.1. The number of likely N-dealkylation sites (N-methyl/N-ethyl adjacent to an activating group) is 1. The molecule has 35 heteroatoms. The molecule has 13 fully saturated rings. The number of nitrogens with one attached hydrogen (secondary N) is 14. The van der Waals surface area contributed by atoms with Crippen molar-refractivity contribution < 1.29 is 38.2 Å². The van der Waals surface area contributed by atoms with Crippen LogP contribution in [0, 0.1) is 0 Å². The summed E-state index contributed by atoms with van der Waals surface area (Å²) in [6, 6.07) is 26.5. The third-order valence-electron chi connectivity index (χ3n) is 23.5. The number of hydrogen-bond donors (Lipinski definition) is 14. The van der Waals surface area contributed by atoms with Crippen LogP contribution in [0.2, 0.25) is 0 Å². The predicted molar refractivity (Wildman–Crippen MR) is 482 cm³/mol. The van der Waals surface area contributed by atoms with Gasteiger partial charge in [0.05, 0.1) is 18.9 Å². The van der Waals surface area contributed by atoms with Gasteiger partial charge in [-0.05, 0) is 257 Å². The third kappa shape index (κ3) is 36.6. The second kappa shape index (κ2) is 56.1. The molecule has 19 rings (SSSR count). The summed E-state index contributed by atoms with van der Waals surface area (Å²) in [6.45, 7) is 32.9. The van der Waals surface area contributed by atoms with Crippen LogP contribution in [0.25, 0.3) is 0 Å². The number of rotatable bonds is 14. The molecule has 19 heterocycles. The van der Waals surface area contributed by atoms with Gasteiger partial charge in [0.15, 0.2) is 0 Å². The van der Waals surface area contributed by atoms with Crippen LogP contribution in [0.3, 0.4) is 0 Å². The van der Waals surface area contributed by atoms with Crippen LogP contribution < -0.4 is 74.4 Å². The Morgan fingerprint density at radius 3 is 1.21 bits per heavy atom. The Labute approximate surface area is 739 Å². The fraction of sp³-hybridized carbons (Fsp3) is 0.633. The van der Waals surface area contributed by atoms with Crippen LogP contribution in [-0.4, -0.2) is 331 Å². The van der Waals surface area contributed by atoms with Crippen LogP contribution >= 0.6 is 0 Å². The fourth-order valence-corrected chi connectivity index (χ4v) is 16.5. The number of carbonyl (C=O) groups is 6. The maximum absolute atomic E-state index is 11.6. The molecule has 6 aromatic heterocycles. The molecule has 0 aliphatic carbocycles. The molecule has 4 unspecified atom stereocenters. The number of ether oxygens (including phenoxy) is 2. The molecule has 125 heavy (non-hydrogen) atoms. The van der Waals surface area contributed by atoms with Gasteiger partial charge in [0.25, 0.3) is 23.6 Å². The number of nitrogens with zero attached hydrogens (tertiary/aromatic N) is 13. The van der Waals surface area contributed by atoms with Crippen molar-refractivity contribution in [3.05, 3.63) is 163 Å². The Morgan fingerprint density at radius 1 is 0.400 bits per heavy atom. The maximum Gasteiger partial charge on any atom is 0.410 e. The van der Waals surface area contributed by atoms with Crippen LogP contribution in [0.1, 0.15) is 189 Å². The minimum absolute atomic E-state index is 0.0840. The van der Waals surface area contributed by atoms with E-state index in [1.165, 1.54) is 95.6 Å². The second-order valence-corrected chi connectivity index (χ2v) is 34.0. The Kier molecular flexibility index (Phi) is 44.0. The van der Waals surface area contributed by atoms with Crippen LogP contribution in [0.5, 0.6) is 0 Å². The highest BCUT2D eigenvalue weighted by Gasteiger charge is 2.32. The minimum atomic E-state index is -0.405. The minimum Gasteiger partial charge on any atom is -0.444 e. The lowest BCUT2D eigenvalue weighted by atomic mass is 10.0. The lowest BCUT2D eigenvalue weighted by Crippen LogP contribution is -2.44. The van der Waals surface area contributed by atoms with Gasteiger partial charge in [0.1, 0.15) is 11.3 Å². The number of likely N-dealkylation sites (tertiary alicyclic amines) is 2. The number of hydrogen-bond acceptors (Lipinski definition) is 29. The summed E-state index contributed by atoms with van der Waals surface area (Å²) >= 11 is 0. The number of morpholine rings is 1. The zero-order valence-corrected chi connectivity index (χ0v) is 74.2. The first-order valence-electron chi connectivity index (χ1n) is 45.8. The zero-order chi connectivity index (χ0) is 87.7. The zero-order valence-electron chi connectivity index (χ0n) is 74.2. The lowest BCUT2D eigenvalue weighted by molar-refractivity contribution is -0.130. The third-order valence-corrected chi connectivity index (χ3v) is 23.5. The monoisotopic (exact) mass is 1730 g/mol. The SMILES string of the molecule is C1CC(N2CCOCC2)CN1.C1CCN(C2CCNC2)C1.CN(C(=O)OC(C)(C)C)[C@H]1CCNC1.O=C(N[C@@H]1CCNC1)c1ccccn1.O=C(N[C@@H]1CCNC1)c1ncccn1.O=C(N[C@H]1CCNC1)c1ncccn1.O=C(N[C@H]1CCNC1)c1ncccn1.O=C1CCCN1C1CCNCC1.c1ccc(C2CCCN2)nc1.c1ccc(C2CCNC2)nc1. The van der Waals surface area contributed by atoms with E-state index >= 15 is 0 Å². The molecular formula is C90H141N27O8. The van der Waals surface area contributed by atoms with Crippen molar-refractivity contribution in [1.82, 2.24) is 139 Å². The van der Waals surface area contributed by atoms with Crippen molar-refractivity contribution in [3.8, 4) is 0 Å². The molecule has 0 radical (unpaired) electrons. The van der Waals surface area contributed by atoms with E-state index in [1.807, 2.05) is 57.4 Å². The molecule has 13 aliphatic rings. The molecule has 684 valence electrons. The predicted octanol–water partition coefficient (Wildman–Crippen LogP) is 3.24. The molecule has 13 aliphatic heterocycles. The standard InChI is InChI=1S/C10H13N3O.C10H20N2O2.3C9H12N4O.C9H16N2O.2C9H12N2.C8H16N2O.C8H16N2/c14-10(9-3-1-2-5-12-9)13-8-4-6-11-7-8;1-10(2,3)14-9(13)12(4)8-5-6-11-7-8;3*14-9(8-11-3-1-4-12-8)13-7-2-5-10-6-7;12-9-2-1-7-11(9)8-3-5-10-6-4-8;1-2-6-10-8(4-1)9-5-3-7-11-9;1-2-5-11-9(3-1)8-4-6-10-7-8;1-2-9-7-8(1)10-3-5-11-6-4-10;1-2-6-10(5-1)8-3-4-9-7-8/h1-3,5,8,11H,4,6-7H2,(H,13,14);8,11H,5-7H2,1-4H3;3*1,3-4,7,10H,2,5-6H2,(H,13,14);8,10H,1-7H2;1-2,4,6,9,11H,3,5,7H2;1-3,5,8,10H,4,6-7H2;8-9H,1-7H2;8-9H,1-7H2/t2*8-;3*7-;;;;;/m10100...../s1. The molecule has 0 aromatic carbocycles. The van der Waals surface area contributed by atoms with E-state index in [0.29, 0.717) is 29.6 Å². The Hall–Kier alpha value is -9.21. The van der Waals surface area contributed by atoms with Crippen LogP contribution in [0.15, 0.2) is 129 Å². The van der Waals surface area contributed by atoms with Crippen molar-refractivity contribution in [3.63, 3.8) is 0 Å². The molecule has 13 saturated heterocycles. The number of carbonyl (C=O) groups excluding carboxylic acids is 6. The van der Waals surface area contributed by atoms with Gasteiger partial charge in [-0.15, -0.1) is 0 Å². The first-order valence-corrected chi connectivity index (χ1v) is 45.8. The van der Waals surface area contributed by atoms with Crippen molar-refractivity contribution in [1.29, 1.82) is 0 Å². The first kappa shape index (κ1) is 98.0. The van der Waals surface area contributed by atoms with E-state index in [0.717, 1.165) is 201 Å². The van der Waals surface area contributed by atoms with Gasteiger partial charge in [0.2, 0.25) is 23.4 Å². The van der Waals surface area contributed by atoms with Crippen molar-refractivity contribution in [2.45, 2.75) is 189 Å². The summed E-state index contributed by atoms with van der Waals surface area (Å²) < 4.78 is 10.6. The molecule has 0 saturated carbocycles. The van der Waals surface area contributed by atoms with E-state index in [4.69, 9.17) is 9.47 Å². The summed E-state index contributed by atoms with van der Waals surface area (Å²) in [6.07, 6.45) is 32.9. The fourth-order valence-electron chi connectivity index (χ4n) is 16.5. The highest BCUT2D eigenvalue weighted by atomic mass is 16.6. The average Bonchev–Trinajstić information content (AvgIpc) is 1.73. The lowest BCUT2D eigenvalue weighted by Gasteiger charge is -2.31. The number of pyridine rings is 3. The highest BCUT2D eigenvalue weighted by Crippen LogP contribution is 2.23. The van der Waals surface area contributed by atoms with Crippen LogP contribution in [-0.2, 0) is 14.3 Å². The normalized spacial score (nSPS) is 24.4. The van der Waals surface area contributed by atoms with Gasteiger partial charge in [-0.3, -0.25) is 48.7 Å².